The molecular weight excluding hydrogens is 332 g/mol. The van der Waals surface area contributed by atoms with Gasteiger partial charge in [-0.1, -0.05) is 13.8 Å². The van der Waals surface area contributed by atoms with Crippen LogP contribution in [0, 0.1) is 0 Å². The van der Waals surface area contributed by atoms with Gasteiger partial charge in [0.05, 0.1) is 17.1 Å². The van der Waals surface area contributed by atoms with E-state index in [0.29, 0.717) is 12.1 Å². The number of carbonyl (C=O) groups excluding carboxylic acids is 1. The van der Waals surface area contributed by atoms with E-state index in [1.807, 2.05) is 29.2 Å². The average molecular weight is 356 g/mol. The van der Waals surface area contributed by atoms with Gasteiger partial charge in [0.25, 0.3) is 5.91 Å². The van der Waals surface area contributed by atoms with Gasteiger partial charge in [-0.25, -0.2) is 9.67 Å². The normalized spacial score (nSPS) is 11.6. The van der Waals surface area contributed by atoms with E-state index in [1.54, 1.807) is 22.4 Å². The number of thiophene rings is 1. The van der Waals surface area contributed by atoms with Crippen molar-refractivity contribution in [3.63, 3.8) is 0 Å². The molecule has 6 heteroatoms. The van der Waals surface area contributed by atoms with Crippen LogP contribution in [0.4, 0.5) is 0 Å². The van der Waals surface area contributed by atoms with E-state index < -0.39 is 0 Å². The second-order valence-corrected chi connectivity index (χ2v) is 7.74. The lowest BCUT2D eigenvalue weighted by molar-refractivity contribution is 0.0787. The highest BCUT2D eigenvalue weighted by atomic mass is 32.1. The van der Waals surface area contributed by atoms with E-state index in [-0.39, 0.29) is 17.9 Å². The summed E-state index contributed by atoms with van der Waals surface area (Å²) < 4.78 is 1.89. The van der Waals surface area contributed by atoms with E-state index in [4.69, 9.17) is 4.98 Å². The van der Waals surface area contributed by atoms with Crippen LogP contribution < -0.4 is 0 Å². The Morgan fingerprint density at radius 2 is 2.08 bits per heavy atom. The average Bonchev–Trinajstić information content (AvgIpc) is 3.21. The van der Waals surface area contributed by atoms with Crippen LogP contribution in [0.3, 0.4) is 0 Å². The summed E-state index contributed by atoms with van der Waals surface area (Å²) in [6, 6.07) is 4.16. The SMILES string of the molecule is CC(C)c1cc(C(=O)N(C)Cc2ccsc2)c2cnn(C(C)C)c2n1. The summed E-state index contributed by atoms with van der Waals surface area (Å²) in [5.74, 6) is 0.248. The number of amides is 1. The third-order valence-corrected chi connectivity index (χ3v) is 4.98. The highest BCUT2D eigenvalue weighted by Crippen LogP contribution is 2.25. The molecule has 5 nitrogen and oxygen atoms in total. The van der Waals surface area contributed by atoms with Crippen LogP contribution in [-0.4, -0.2) is 32.6 Å². The Labute approximate surface area is 152 Å². The second kappa shape index (κ2) is 6.96. The Hall–Kier alpha value is -2.21. The van der Waals surface area contributed by atoms with Gasteiger partial charge in [0.15, 0.2) is 5.65 Å². The molecule has 132 valence electrons. The van der Waals surface area contributed by atoms with E-state index in [1.165, 1.54) is 0 Å². The molecule has 0 saturated heterocycles. The molecule has 25 heavy (non-hydrogen) atoms. The number of hydrogen-bond donors (Lipinski definition) is 0. The van der Waals surface area contributed by atoms with Gasteiger partial charge in [0.2, 0.25) is 0 Å². The van der Waals surface area contributed by atoms with Gasteiger partial charge in [-0.15, -0.1) is 0 Å². The Balaban J connectivity index is 2.06. The molecular formula is C19H24N4OS. The van der Waals surface area contributed by atoms with Gasteiger partial charge < -0.3 is 4.90 Å². The van der Waals surface area contributed by atoms with Crippen LogP contribution in [0.1, 0.15) is 61.3 Å². The van der Waals surface area contributed by atoms with Crippen molar-refractivity contribution in [1.82, 2.24) is 19.7 Å². The fourth-order valence-corrected chi connectivity index (χ4v) is 3.48. The Morgan fingerprint density at radius 1 is 1.32 bits per heavy atom. The largest absolute Gasteiger partial charge is 0.337 e. The molecule has 3 aromatic heterocycles. The summed E-state index contributed by atoms with van der Waals surface area (Å²) in [5, 5.41) is 9.38. The van der Waals surface area contributed by atoms with Crippen LogP contribution in [0.15, 0.2) is 29.1 Å². The molecule has 1 amide bonds. The first-order valence-corrected chi connectivity index (χ1v) is 9.47. The summed E-state index contributed by atoms with van der Waals surface area (Å²) in [6.45, 7) is 8.92. The molecule has 0 radical (unpaired) electrons. The molecule has 0 aliphatic heterocycles. The van der Waals surface area contributed by atoms with E-state index in [0.717, 1.165) is 22.3 Å². The van der Waals surface area contributed by atoms with Crippen LogP contribution in [0.2, 0.25) is 0 Å². The Morgan fingerprint density at radius 3 is 2.68 bits per heavy atom. The number of fused-ring (bicyclic) bond motifs is 1. The molecule has 3 aromatic rings. The summed E-state index contributed by atoms with van der Waals surface area (Å²) in [5.41, 5.74) is 3.53. The summed E-state index contributed by atoms with van der Waals surface area (Å²) in [7, 11) is 1.84. The van der Waals surface area contributed by atoms with Crippen molar-refractivity contribution >= 4 is 28.3 Å². The minimum atomic E-state index is 0.00352. The number of nitrogens with zero attached hydrogens (tertiary/aromatic N) is 4. The van der Waals surface area contributed by atoms with Crippen LogP contribution in [0.25, 0.3) is 11.0 Å². The van der Waals surface area contributed by atoms with Crippen LogP contribution >= 0.6 is 11.3 Å². The van der Waals surface area contributed by atoms with Crippen LogP contribution in [0.5, 0.6) is 0 Å². The molecule has 0 aliphatic rings. The quantitative estimate of drug-likeness (QED) is 0.678. The highest BCUT2D eigenvalue weighted by molar-refractivity contribution is 7.07. The maximum absolute atomic E-state index is 13.1. The third kappa shape index (κ3) is 3.44. The smallest absolute Gasteiger partial charge is 0.254 e. The van der Waals surface area contributed by atoms with E-state index in [9.17, 15) is 4.79 Å². The zero-order chi connectivity index (χ0) is 18.1. The predicted molar refractivity (Wildman–Crippen MR) is 102 cm³/mol. The standard InChI is InChI=1S/C19H24N4OS/c1-12(2)17-8-15(16-9-20-23(13(3)4)18(16)21-17)19(24)22(5)10-14-6-7-25-11-14/h6-9,11-13H,10H2,1-5H3. The first kappa shape index (κ1) is 17.6. The molecule has 3 heterocycles. The highest BCUT2D eigenvalue weighted by Gasteiger charge is 2.21. The first-order valence-electron chi connectivity index (χ1n) is 8.53. The lowest BCUT2D eigenvalue weighted by Gasteiger charge is -2.18. The zero-order valence-corrected chi connectivity index (χ0v) is 16.2. The van der Waals surface area contributed by atoms with E-state index in [2.05, 4.69) is 38.2 Å². The summed E-state index contributed by atoms with van der Waals surface area (Å²) in [6.07, 6.45) is 1.76. The third-order valence-electron chi connectivity index (χ3n) is 4.24. The van der Waals surface area contributed by atoms with Crippen molar-refractivity contribution in [3.05, 3.63) is 45.9 Å². The van der Waals surface area contributed by atoms with Crippen molar-refractivity contribution in [2.45, 2.75) is 46.2 Å². The number of hydrogen-bond acceptors (Lipinski definition) is 4. The Kier molecular flexibility index (Phi) is 4.90. The zero-order valence-electron chi connectivity index (χ0n) is 15.4. The lowest BCUT2D eigenvalue weighted by atomic mass is 10.0. The molecule has 0 spiro atoms. The monoisotopic (exact) mass is 356 g/mol. The number of carbonyl (C=O) groups is 1. The van der Waals surface area contributed by atoms with Crippen molar-refractivity contribution in [2.24, 2.45) is 0 Å². The molecule has 0 aromatic carbocycles. The van der Waals surface area contributed by atoms with Crippen molar-refractivity contribution in [3.8, 4) is 0 Å². The minimum absolute atomic E-state index is 0.00352. The number of pyridine rings is 1. The molecule has 0 fully saturated rings. The maximum atomic E-state index is 13.1. The molecule has 0 unspecified atom stereocenters. The van der Waals surface area contributed by atoms with Crippen LogP contribution in [-0.2, 0) is 6.54 Å². The minimum Gasteiger partial charge on any atom is -0.337 e. The molecule has 3 rings (SSSR count). The van der Waals surface area contributed by atoms with Gasteiger partial charge in [0, 0.05) is 25.3 Å². The van der Waals surface area contributed by atoms with Gasteiger partial charge in [-0.3, -0.25) is 4.79 Å². The van der Waals surface area contributed by atoms with E-state index >= 15 is 0 Å². The first-order chi connectivity index (χ1) is 11.9. The fourth-order valence-electron chi connectivity index (χ4n) is 2.82. The molecule has 0 bridgehead atoms. The molecule has 0 N–H and O–H groups in total. The van der Waals surface area contributed by atoms with Gasteiger partial charge in [-0.05, 0) is 48.2 Å². The fraction of sp³-hybridized carbons (Fsp3) is 0.421. The maximum Gasteiger partial charge on any atom is 0.254 e. The van der Waals surface area contributed by atoms with Crippen molar-refractivity contribution in [1.29, 1.82) is 0 Å². The van der Waals surface area contributed by atoms with Gasteiger partial charge in [-0.2, -0.15) is 16.4 Å². The number of aromatic nitrogens is 3. The number of rotatable bonds is 5. The van der Waals surface area contributed by atoms with Crippen molar-refractivity contribution in [2.75, 3.05) is 7.05 Å². The Bertz CT molecular complexity index is 880. The predicted octanol–water partition coefficient (Wildman–Crippen LogP) is 4.47. The van der Waals surface area contributed by atoms with Gasteiger partial charge in [0.1, 0.15) is 0 Å². The molecule has 0 atom stereocenters. The summed E-state index contributed by atoms with van der Waals surface area (Å²) in [4.78, 5) is 19.6. The topological polar surface area (TPSA) is 51.0 Å². The second-order valence-electron chi connectivity index (χ2n) is 6.96. The summed E-state index contributed by atoms with van der Waals surface area (Å²) >= 11 is 1.64. The van der Waals surface area contributed by atoms with Gasteiger partial charge >= 0.3 is 0 Å². The molecule has 0 aliphatic carbocycles. The lowest BCUT2D eigenvalue weighted by Crippen LogP contribution is -2.26. The van der Waals surface area contributed by atoms with Crippen molar-refractivity contribution < 1.29 is 4.79 Å². The molecule has 0 saturated carbocycles.